The Labute approximate surface area is 120 Å². The van der Waals surface area contributed by atoms with E-state index in [9.17, 15) is 4.79 Å². The first kappa shape index (κ1) is 14.9. The average Bonchev–Trinajstić information content (AvgIpc) is 2.81. The Balaban J connectivity index is 1.80. The van der Waals surface area contributed by atoms with Crippen molar-refractivity contribution in [3.63, 3.8) is 0 Å². The minimum atomic E-state index is 0.0104. The van der Waals surface area contributed by atoms with Crippen molar-refractivity contribution in [2.24, 2.45) is 0 Å². The monoisotopic (exact) mass is 280 g/mol. The van der Waals surface area contributed by atoms with Gasteiger partial charge in [0.15, 0.2) is 6.61 Å². The Morgan fingerprint density at radius 3 is 2.60 bits per heavy atom. The van der Waals surface area contributed by atoms with Crippen molar-refractivity contribution >= 4 is 5.91 Å². The third-order valence-corrected chi connectivity index (χ3v) is 3.97. The molecule has 5 nitrogen and oxygen atoms in total. The van der Waals surface area contributed by atoms with Gasteiger partial charge in [0.25, 0.3) is 11.8 Å². The summed E-state index contributed by atoms with van der Waals surface area (Å²) in [6.07, 6.45) is 8.54. The summed E-state index contributed by atoms with van der Waals surface area (Å²) >= 11 is 0. The largest absolute Gasteiger partial charge is 0.465 e. The van der Waals surface area contributed by atoms with Gasteiger partial charge in [0.1, 0.15) is 5.76 Å². The second kappa shape index (κ2) is 7.31. The van der Waals surface area contributed by atoms with Gasteiger partial charge < -0.3 is 14.2 Å². The molecule has 1 aromatic heterocycles. The van der Waals surface area contributed by atoms with Gasteiger partial charge in [-0.1, -0.05) is 32.1 Å². The van der Waals surface area contributed by atoms with E-state index in [1.54, 1.807) is 13.0 Å². The fourth-order valence-electron chi connectivity index (χ4n) is 2.67. The molecule has 0 bridgehead atoms. The molecule has 0 saturated heterocycles. The van der Waals surface area contributed by atoms with E-state index in [-0.39, 0.29) is 12.5 Å². The molecular formula is C15H24N2O3. The molecule has 0 N–H and O–H groups in total. The van der Waals surface area contributed by atoms with Crippen LogP contribution in [-0.2, 0) is 4.79 Å². The maximum Gasteiger partial charge on any atom is 0.260 e. The zero-order valence-electron chi connectivity index (χ0n) is 12.4. The summed E-state index contributed by atoms with van der Waals surface area (Å²) in [4.78, 5) is 14.0. The van der Waals surface area contributed by atoms with Crippen molar-refractivity contribution in [2.75, 3.05) is 13.7 Å². The van der Waals surface area contributed by atoms with Crippen molar-refractivity contribution in [2.45, 2.75) is 57.9 Å². The molecule has 0 aliphatic heterocycles. The molecule has 1 aromatic rings. The van der Waals surface area contributed by atoms with Crippen LogP contribution in [0.2, 0.25) is 0 Å². The SMILES string of the molecule is Cc1cc(OCC(=O)N(C)C2CCCCCCC2)no1. The van der Waals surface area contributed by atoms with Gasteiger partial charge in [-0.3, -0.25) is 4.79 Å². The molecular weight excluding hydrogens is 256 g/mol. The minimum absolute atomic E-state index is 0.0104. The lowest BCUT2D eigenvalue weighted by Crippen LogP contribution is -2.40. The lowest BCUT2D eigenvalue weighted by molar-refractivity contribution is -0.134. The molecule has 0 radical (unpaired) electrons. The van der Waals surface area contributed by atoms with E-state index < -0.39 is 0 Å². The van der Waals surface area contributed by atoms with Crippen LogP contribution >= 0.6 is 0 Å². The number of aromatic nitrogens is 1. The highest BCUT2D eigenvalue weighted by molar-refractivity contribution is 5.77. The molecule has 0 spiro atoms. The molecule has 0 atom stereocenters. The van der Waals surface area contributed by atoms with Crippen LogP contribution in [0.4, 0.5) is 0 Å². The number of ether oxygens (including phenoxy) is 1. The van der Waals surface area contributed by atoms with Crippen LogP contribution in [0, 0.1) is 6.92 Å². The van der Waals surface area contributed by atoms with Gasteiger partial charge in [-0.2, -0.15) is 0 Å². The highest BCUT2D eigenvalue weighted by Crippen LogP contribution is 2.20. The Bertz CT molecular complexity index is 423. The van der Waals surface area contributed by atoms with Gasteiger partial charge in [-0.05, 0) is 24.9 Å². The van der Waals surface area contributed by atoms with E-state index in [0.717, 1.165) is 12.8 Å². The van der Waals surface area contributed by atoms with Crippen molar-refractivity contribution in [3.05, 3.63) is 11.8 Å². The van der Waals surface area contributed by atoms with Crippen molar-refractivity contribution in [3.8, 4) is 5.88 Å². The number of hydrogen-bond donors (Lipinski definition) is 0. The minimum Gasteiger partial charge on any atom is -0.465 e. The zero-order chi connectivity index (χ0) is 14.4. The summed E-state index contributed by atoms with van der Waals surface area (Å²) < 4.78 is 10.3. The van der Waals surface area contributed by atoms with Gasteiger partial charge in [0.2, 0.25) is 0 Å². The first-order valence-electron chi connectivity index (χ1n) is 7.48. The summed E-state index contributed by atoms with van der Waals surface area (Å²) in [5.41, 5.74) is 0. The highest BCUT2D eigenvalue weighted by Gasteiger charge is 2.21. The lowest BCUT2D eigenvalue weighted by Gasteiger charge is -2.29. The highest BCUT2D eigenvalue weighted by atomic mass is 16.5. The normalized spacial score (nSPS) is 17.3. The van der Waals surface area contributed by atoms with Crippen LogP contribution in [0.1, 0.15) is 50.7 Å². The van der Waals surface area contributed by atoms with E-state index in [1.165, 1.54) is 32.1 Å². The van der Waals surface area contributed by atoms with Gasteiger partial charge >= 0.3 is 0 Å². The number of nitrogens with zero attached hydrogens (tertiary/aromatic N) is 2. The Kier molecular flexibility index (Phi) is 5.44. The van der Waals surface area contributed by atoms with Gasteiger partial charge in [-0.25, -0.2) is 0 Å². The molecule has 5 heteroatoms. The smallest absolute Gasteiger partial charge is 0.260 e. The standard InChI is InChI=1S/C15H24N2O3/c1-12-10-14(16-20-12)19-11-15(18)17(2)13-8-6-4-3-5-7-9-13/h10,13H,3-9,11H2,1-2H3. The van der Waals surface area contributed by atoms with Gasteiger partial charge in [-0.15, -0.1) is 0 Å². The Morgan fingerprint density at radius 2 is 2.00 bits per heavy atom. The van der Waals surface area contributed by atoms with E-state index in [0.29, 0.717) is 17.7 Å². The summed E-state index contributed by atoms with van der Waals surface area (Å²) in [7, 11) is 1.88. The van der Waals surface area contributed by atoms with Crippen LogP contribution in [0.3, 0.4) is 0 Å². The third-order valence-electron chi connectivity index (χ3n) is 3.97. The molecule has 0 unspecified atom stereocenters. The topological polar surface area (TPSA) is 55.6 Å². The fourth-order valence-corrected chi connectivity index (χ4v) is 2.67. The van der Waals surface area contributed by atoms with Crippen LogP contribution in [0.5, 0.6) is 5.88 Å². The molecule has 20 heavy (non-hydrogen) atoms. The van der Waals surface area contributed by atoms with Crippen molar-refractivity contribution < 1.29 is 14.1 Å². The summed E-state index contributed by atoms with van der Waals surface area (Å²) in [5, 5.41) is 3.72. The van der Waals surface area contributed by atoms with E-state index >= 15 is 0 Å². The molecule has 0 aromatic carbocycles. The Morgan fingerprint density at radius 1 is 1.35 bits per heavy atom. The number of aryl methyl sites for hydroxylation is 1. The zero-order valence-corrected chi connectivity index (χ0v) is 12.4. The van der Waals surface area contributed by atoms with Gasteiger partial charge in [0.05, 0.1) is 0 Å². The number of likely N-dealkylation sites (N-methyl/N-ethyl adjacent to an activating group) is 1. The van der Waals surface area contributed by atoms with Crippen LogP contribution in [-0.4, -0.2) is 35.7 Å². The number of hydrogen-bond acceptors (Lipinski definition) is 4. The number of carbonyl (C=O) groups excluding carboxylic acids is 1. The molecule has 1 amide bonds. The number of rotatable bonds is 4. The maximum absolute atomic E-state index is 12.2. The van der Waals surface area contributed by atoms with Crippen LogP contribution < -0.4 is 4.74 Å². The van der Waals surface area contributed by atoms with Crippen LogP contribution in [0.15, 0.2) is 10.6 Å². The fraction of sp³-hybridized carbons (Fsp3) is 0.733. The summed E-state index contributed by atoms with van der Waals surface area (Å²) in [5.74, 6) is 1.07. The average molecular weight is 280 g/mol. The molecule has 1 fully saturated rings. The first-order chi connectivity index (χ1) is 9.66. The first-order valence-corrected chi connectivity index (χ1v) is 7.48. The third kappa shape index (κ3) is 4.25. The molecule has 112 valence electrons. The van der Waals surface area contributed by atoms with E-state index in [1.807, 2.05) is 11.9 Å². The van der Waals surface area contributed by atoms with Crippen molar-refractivity contribution in [1.82, 2.24) is 10.1 Å². The van der Waals surface area contributed by atoms with Crippen LogP contribution in [0.25, 0.3) is 0 Å². The number of amides is 1. The second-order valence-electron chi connectivity index (χ2n) is 5.57. The molecule has 1 aliphatic carbocycles. The van der Waals surface area contributed by atoms with Gasteiger partial charge in [0, 0.05) is 19.2 Å². The quantitative estimate of drug-likeness (QED) is 0.851. The molecule has 1 aliphatic rings. The predicted octanol–water partition coefficient (Wildman–Crippen LogP) is 2.93. The summed E-state index contributed by atoms with van der Waals surface area (Å²) in [6, 6.07) is 2.04. The van der Waals surface area contributed by atoms with E-state index in [2.05, 4.69) is 5.16 Å². The Hall–Kier alpha value is -1.52. The molecule has 1 heterocycles. The summed E-state index contributed by atoms with van der Waals surface area (Å²) in [6.45, 7) is 1.82. The maximum atomic E-state index is 12.2. The second-order valence-corrected chi connectivity index (χ2v) is 5.57. The molecule has 2 rings (SSSR count). The lowest BCUT2D eigenvalue weighted by atomic mass is 9.96. The number of carbonyl (C=O) groups is 1. The molecule has 1 saturated carbocycles. The predicted molar refractivity (Wildman–Crippen MR) is 75.6 cm³/mol. The van der Waals surface area contributed by atoms with Crippen molar-refractivity contribution in [1.29, 1.82) is 0 Å². The van der Waals surface area contributed by atoms with E-state index in [4.69, 9.17) is 9.26 Å².